The minimum atomic E-state index is -0.0682. The number of aromatic nitrogens is 2. The second-order valence-electron chi connectivity index (χ2n) is 5.66. The normalized spacial score (nSPS) is 14.5. The monoisotopic (exact) mass is 311 g/mol. The van der Waals surface area contributed by atoms with Crippen LogP contribution in [0, 0.1) is 0 Å². The average molecular weight is 311 g/mol. The molecule has 0 fully saturated rings. The van der Waals surface area contributed by atoms with Crippen molar-refractivity contribution in [3.8, 4) is 0 Å². The van der Waals surface area contributed by atoms with Crippen LogP contribution < -0.4 is 5.32 Å². The molecule has 1 aromatic carbocycles. The summed E-state index contributed by atoms with van der Waals surface area (Å²) < 4.78 is 2.33. The highest BCUT2D eigenvalue weighted by Gasteiger charge is 2.14. The molecule has 1 aliphatic rings. The van der Waals surface area contributed by atoms with Crippen LogP contribution in [0.5, 0.6) is 0 Å². The lowest BCUT2D eigenvalue weighted by atomic mass is 10.2. The van der Waals surface area contributed by atoms with Crippen molar-refractivity contribution in [3.05, 3.63) is 46.4 Å². The van der Waals surface area contributed by atoms with Gasteiger partial charge in [-0.15, -0.1) is 0 Å². The van der Waals surface area contributed by atoms with Crippen LogP contribution in [-0.4, -0.2) is 15.5 Å². The van der Waals surface area contributed by atoms with Crippen molar-refractivity contribution in [3.63, 3.8) is 0 Å². The van der Waals surface area contributed by atoms with Crippen molar-refractivity contribution in [2.45, 2.75) is 32.2 Å². The van der Waals surface area contributed by atoms with E-state index in [9.17, 15) is 4.79 Å². The van der Waals surface area contributed by atoms with Gasteiger partial charge in [-0.3, -0.25) is 4.79 Å². The van der Waals surface area contributed by atoms with Crippen molar-refractivity contribution in [1.82, 2.24) is 9.55 Å². The van der Waals surface area contributed by atoms with E-state index in [2.05, 4.69) is 16.0 Å². The number of amides is 1. The van der Waals surface area contributed by atoms with E-state index < -0.39 is 0 Å². The van der Waals surface area contributed by atoms with Crippen LogP contribution in [0.25, 0.3) is 11.0 Å². The molecule has 4 rings (SSSR count). The molecule has 1 aliphatic heterocycles. The molecule has 0 spiro atoms. The number of anilines is 1. The maximum atomic E-state index is 12.1. The topological polar surface area (TPSA) is 46.9 Å². The minimum absolute atomic E-state index is 0.0682. The molecule has 0 saturated heterocycles. The number of nitrogens with one attached hydrogen (secondary N) is 1. The second kappa shape index (κ2) is 5.57. The van der Waals surface area contributed by atoms with Crippen LogP contribution in [0.4, 0.5) is 5.69 Å². The Hall–Kier alpha value is -2.14. The first-order chi connectivity index (χ1) is 10.8. The van der Waals surface area contributed by atoms with Gasteiger partial charge in [-0.25, -0.2) is 4.98 Å². The third-order valence-electron chi connectivity index (χ3n) is 4.15. The predicted molar refractivity (Wildman–Crippen MR) is 89.6 cm³/mol. The second-order valence-corrected chi connectivity index (χ2v) is 6.44. The van der Waals surface area contributed by atoms with E-state index >= 15 is 0 Å². The molecule has 22 heavy (non-hydrogen) atoms. The Labute approximate surface area is 132 Å². The molecule has 0 unspecified atom stereocenters. The van der Waals surface area contributed by atoms with Gasteiger partial charge >= 0.3 is 0 Å². The molecule has 0 bridgehead atoms. The Morgan fingerprint density at radius 1 is 1.23 bits per heavy atom. The molecule has 4 nitrogen and oxygen atoms in total. The maximum Gasteiger partial charge on any atom is 0.256 e. The van der Waals surface area contributed by atoms with Gasteiger partial charge in [0.2, 0.25) is 0 Å². The zero-order valence-electron chi connectivity index (χ0n) is 12.2. The van der Waals surface area contributed by atoms with E-state index in [1.165, 1.54) is 41.9 Å². The number of fused-ring (bicyclic) bond motifs is 3. The molecule has 1 amide bonds. The van der Waals surface area contributed by atoms with E-state index in [0.717, 1.165) is 24.2 Å². The molecule has 0 aliphatic carbocycles. The number of rotatable bonds is 2. The fraction of sp³-hybridized carbons (Fsp3) is 0.294. The highest BCUT2D eigenvalue weighted by Crippen LogP contribution is 2.24. The van der Waals surface area contributed by atoms with Gasteiger partial charge in [0.25, 0.3) is 5.91 Å². The number of aryl methyl sites for hydroxylation is 2. The zero-order chi connectivity index (χ0) is 14.9. The number of benzene rings is 1. The Morgan fingerprint density at radius 2 is 2.18 bits per heavy atom. The van der Waals surface area contributed by atoms with Gasteiger partial charge in [0.15, 0.2) is 0 Å². The van der Waals surface area contributed by atoms with Crippen LogP contribution in [0.3, 0.4) is 0 Å². The summed E-state index contributed by atoms with van der Waals surface area (Å²) in [6.07, 6.45) is 4.76. The number of nitrogens with zero attached hydrogens (tertiary/aromatic N) is 2. The van der Waals surface area contributed by atoms with Gasteiger partial charge in [0.05, 0.1) is 16.6 Å². The number of thiophene rings is 1. The molecule has 2 aromatic heterocycles. The summed E-state index contributed by atoms with van der Waals surface area (Å²) in [7, 11) is 0. The van der Waals surface area contributed by atoms with Crippen LogP contribution >= 0.6 is 11.3 Å². The average Bonchev–Trinajstić information content (AvgIpc) is 3.10. The SMILES string of the molecule is O=C(Nc1ccc2c(c1)nc1n2CCCCC1)c1ccsc1. The van der Waals surface area contributed by atoms with Gasteiger partial charge < -0.3 is 9.88 Å². The Balaban J connectivity index is 1.65. The highest BCUT2D eigenvalue weighted by atomic mass is 32.1. The van der Waals surface area contributed by atoms with Crippen LogP contribution in [0.2, 0.25) is 0 Å². The summed E-state index contributed by atoms with van der Waals surface area (Å²) in [5.74, 6) is 1.11. The first-order valence-corrected chi connectivity index (χ1v) is 8.58. The van der Waals surface area contributed by atoms with Crippen LogP contribution in [0.1, 0.15) is 35.4 Å². The van der Waals surface area contributed by atoms with Crippen LogP contribution in [-0.2, 0) is 13.0 Å². The molecule has 112 valence electrons. The van der Waals surface area contributed by atoms with Crippen molar-refractivity contribution >= 4 is 34.0 Å². The molecular weight excluding hydrogens is 294 g/mol. The van der Waals surface area contributed by atoms with Crippen LogP contribution in [0.15, 0.2) is 35.0 Å². The maximum absolute atomic E-state index is 12.1. The third kappa shape index (κ3) is 2.41. The van der Waals surface area contributed by atoms with E-state index in [4.69, 9.17) is 4.98 Å². The summed E-state index contributed by atoms with van der Waals surface area (Å²) in [4.78, 5) is 16.9. The summed E-state index contributed by atoms with van der Waals surface area (Å²) in [6, 6.07) is 7.84. The van der Waals surface area contributed by atoms with E-state index in [-0.39, 0.29) is 5.91 Å². The molecule has 3 heterocycles. The molecule has 0 saturated carbocycles. The standard InChI is InChI=1S/C17H17N3OS/c21-17(12-7-9-22-11-12)18-13-5-6-15-14(10-13)19-16-4-2-1-3-8-20(15)16/h5-7,9-11H,1-4,8H2,(H,18,21). The van der Waals surface area contributed by atoms with Crippen molar-refractivity contribution in [2.24, 2.45) is 0 Å². The number of carbonyl (C=O) groups is 1. The van der Waals surface area contributed by atoms with Gasteiger partial charge in [-0.1, -0.05) is 6.42 Å². The highest BCUT2D eigenvalue weighted by molar-refractivity contribution is 7.08. The first-order valence-electron chi connectivity index (χ1n) is 7.64. The Bertz CT molecular complexity index is 820. The lowest BCUT2D eigenvalue weighted by Gasteiger charge is -2.06. The number of carbonyl (C=O) groups excluding carboxylic acids is 1. The molecular formula is C17H17N3OS. The van der Waals surface area contributed by atoms with Gasteiger partial charge in [-0.05, 0) is 42.5 Å². The molecule has 5 heteroatoms. The van der Waals surface area contributed by atoms with Crippen molar-refractivity contribution in [1.29, 1.82) is 0 Å². The predicted octanol–water partition coefficient (Wildman–Crippen LogP) is 4.08. The van der Waals surface area contributed by atoms with Gasteiger partial charge in [0.1, 0.15) is 5.82 Å². The van der Waals surface area contributed by atoms with Gasteiger partial charge in [-0.2, -0.15) is 11.3 Å². The molecule has 0 atom stereocenters. The molecule has 0 radical (unpaired) electrons. The van der Waals surface area contributed by atoms with Crippen molar-refractivity contribution < 1.29 is 4.79 Å². The van der Waals surface area contributed by atoms with E-state index in [1.807, 2.05) is 29.0 Å². The molecule has 3 aromatic rings. The minimum Gasteiger partial charge on any atom is -0.328 e. The first kappa shape index (κ1) is 13.5. The summed E-state index contributed by atoms with van der Waals surface area (Å²) in [6.45, 7) is 1.05. The quantitative estimate of drug-likeness (QED) is 0.775. The number of hydrogen-bond donors (Lipinski definition) is 1. The van der Waals surface area contributed by atoms with E-state index in [1.54, 1.807) is 0 Å². The van der Waals surface area contributed by atoms with Gasteiger partial charge in [0, 0.05) is 24.0 Å². The number of hydrogen-bond acceptors (Lipinski definition) is 3. The lowest BCUT2D eigenvalue weighted by Crippen LogP contribution is -2.10. The Morgan fingerprint density at radius 3 is 3.05 bits per heavy atom. The smallest absolute Gasteiger partial charge is 0.256 e. The molecule has 1 N–H and O–H groups in total. The summed E-state index contributed by atoms with van der Waals surface area (Å²) in [5.41, 5.74) is 3.65. The summed E-state index contributed by atoms with van der Waals surface area (Å²) in [5, 5.41) is 6.71. The largest absolute Gasteiger partial charge is 0.328 e. The summed E-state index contributed by atoms with van der Waals surface area (Å²) >= 11 is 1.52. The fourth-order valence-electron chi connectivity index (χ4n) is 3.02. The fourth-order valence-corrected chi connectivity index (χ4v) is 3.66. The van der Waals surface area contributed by atoms with E-state index in [0.29, 0.717) is 5.56 Å². The zero-order valence-corrected chi connectivity index (χ0v) is 13.0. The van der Waals surface area contributed by atoms with Crippen molar-refractivity contribution in [2.75, 3.05) is 5.32 Å². The lowest BCUT2D eigenvalue weighted by molar-refractivity contribution is 0.102. The number of imidazole rings is 1. The third-order valence-corrected chi connectivity index (χ3v) is 4.83. The Kier molecular flexibility index (Phi) is 3.42.